The Morgan fingerprint density at radius 3 is 2.50 bits per heavy atom. The van der Waals surface area contributed by atoms with E-state index in [9.17, 15) is 8.42 Å². The van der Waals surface area contributed by atoms with Crippen molar-refractivity contribution in [2.24, 2.45) is 0 Å². The maximum atomic E-state index is 11.8. The highest BCUT2D eigenvalue weighted by molar-refractivity contribution is 7.92. The molecule has 2 saturated heterocycles. The lowest BCUT2D eigenvalue weighted by Gasteiger charge is -2.32. The average molecular weight is 300 g/mol. The Hall–Kier alpha value is -0.390. The molecule has 0 aromatic carbocycles. The van der Waals surface area contributed by atoms with E-state index in [2.05, 4.69) is 30.1 Å². The summed E-state index contributed by atoms with van der Waals surface area (Å²) in [6.45, 7) is 8.19. The Morgan fingerprint density at radius 1 is 1.25 bits per heavy atom. The van der Waals surface area contributed by atoms with Crippen LogP contribution in [-0.2, 0) is 9.84 Å². The summed E-state index contributed by atoms with van der Waals surface area (Å²) >= 11 is 0. The smallest absolute Gasteiger partial charge is 0.154 e. The van der Waals surface area contributed by atoms with E-state index in [0.717, 1.165) is 45.3 Å². The third-order valence-corrected chi connectivity index (χ3v) is 6.72. The van der Waals surface area contributed by atoms with Gasteiger partial charge in [0.2, 0.25) is 0 Å². The molecule has 0 bridgehead atoms. The summed E-state index contributed by atoms with van der Waals surface area (Å²) in [5, 5.41) is 3.35. The summed E-state index contributed by atoms with van der Waals surface area (Å²) in [7, 11) is -2.80. The van der Waals surface area contributed by atoms with Gasteiger partial charge in [0, 0.05) is 19.1 Å². The standard InChI is InChI=1S/C15H28N2O2S/c1-13(2)5-8-17-9-6-14(7-10-17)16-12-15-4-3-11-20(15,18)19/h5,14-16H,3-4,6-12H2,1-2H3. The second-order valence-corrected chi connectivity index (χ2v) is 8.80. The molecular formula is C15H28N2O2S. The number of sulfone groups is 1. The lowest BCUT2D eigenvalue weighted by atomic mass is 10.0. The van der Waals surface area contributed by atoms with Gasteiger partial charge in [-0.2, -0.15) is 0 Å². The van der Waals surface area contributed by atoms with Crippen LogP contribution in [0.25, 0.3) is 0 Å². The normalized spacial score (nSPS) is 27.6. The SMILES string of the molecule is CC(C)=CCN1CCC(NCC2CCCS2(=O)=O)CC1. The van der Waals surface area contributed by atoms with Crippen LogP contribution in [0.3, 0.4) is 0 Å². The lowest BCUT2D eigenvalue weighted by molar-refractivity contribution is 0.215. The van der Waals surface area contributed by atoms with E-state index in [0.29, 0.717) is 18.3 Å². The molecule has 0 saturated carbocycles. The molecule has 4 nitrogen and oxygen atoms in total. The molecule has 1 N–H and O–H groups in total. The van der Waals surface area contributed by atoms with Crippen molar-refractivity contribution in [3.8, 4) is 0 Å². The molecule has 0 aromatic rings. The van der Waals surface area contributed by atoms with Crippen molar-refractivity contribution in [1.82, 2.24) is 10.2 Å². The predicted octanol–water partition coefficient (Wildman–Crippen LogP) is 1.58. The largest absolute Gasteiger partial charge is 0.313 e. The number of allylic oxidation sites excluding steroid dienone is 1. The third kappa shape index (κ3) is 4.57. The summed E-state index contributed by atoms with van der Waals surface area (Å²) in [5.41, 5.74) is 1.37. The summed E-state index contributed by atoms with van der Waals surface area (Å²) in [5.74, 6) is 0.389. The van der Waals surface area contributed by atoms with E-state index in [1.807, 2.05) is 0 Å². The van der Waals surface area contributed by atoms with Crippen LogP contribution in [0.2, 0.25) is 0 Å². The molecule has 2 heterocycles. The first-order valence-corrected chi connectivity index (χ1v) is 9.49. The van der Waals surface area contributed by atoms with Crippen molar-refractivity contribution in [3.05, 3.63) is 11.6 Å². The van der Waals surface area contributed by atoms with E-state index in [-0.39, 0.29) is 5.25 Å². The minimum absolute atomic E-state index is 0.133. The topological polar surface area (TPSA) is 49.4 Å². The molecule has 116 valence electrons. The second-order valence-electron chi connectivity index (χ2n) is 6.40. The molecule has 1 atom stereocenters. The van der Waals surface area contributed by atoms with E-state index in [4.69, 9.17) is 0 Å². The highest BCUT2D eigenvalue weighted by Crippen LogP contribution is 2.20. The summed E-state index contributed by atoms with van der Waals surface area (Å²) in [4.78, 5) is 2.47. The first kappa shape index (κ1) is 16.0. The van der Waals surface area contributed by atoms with Crippen molar-refractivity contribution in [3.63, 3.8) is 0 Å². The summed E-state index contributed by atoms with van der Waals surface area (Å²) < 4.78 is 23.6. The van der Waals surface area contributed by atoms with Crippen LogP contribution in [0.5, 0.6) is 0 Å². The van der Waals surface area contributed by atoms with Crippen LogP contribution in [0.4, 0.5) is 0 Å². The summed E-state index contributed by atoms with van der Waals surface area (Å²) in [6.07, 6.45) is 6.22. The van der Waals surface area contributed by atoms with Gasteiger partial charge in [0.05, 0.1) is 11.0 Å². The minimum atomic E-state index is -2.80. The first-order chi connectivity index (χ1) is 9.47. The number of piperidine rings is 1. The molecule has 0 spiro atoms. The molecule has 1 unspecified atom stereocenters. The second kappa shape index (κ2) is 7.05. The van der Waals surface area contributed by atoms with Gasteiger partial charge in [0.15, 0.2) is 9.84 Å². The van der Waals surface area contributed by atoms with Crippen LogP contribution in [-0.4, -0.2) is 56.5 Å². The zero-order valence-corrected chi connectivity index (χ0v) is 13.6. The maximum absolute atomic E-state index is 11.8. The van der Waals surface area contributed by atoms with Gasteiger partial charge in [-0.3, -0.25) is 4.90 Å². The minimum Gasteiger partial charge on any atom is -0.313 e. The highest BCUT2D eigenvalue weighted by Gasteiger charge is 2.31. The van der Waals surface area contributed by atoms with Gasteiger partial charge in [0.25, 0.3) is 0 Å². The van der Waals surface area contributed by atoms with Gasteiger partial charge >= 0.3 is 0 Å². The molecule has 5 heteroatoms. The van der Waals surface area contributed by atoms with Crippen molar-refractivity contribution in [2.45, 2.75) is 50.8 Å². The zero-order valence-electron chi connectivity index (χ0n) is 12.8. The van der Waals surface area contributed by atoms with Crippen molar-refractivity contribution in [1.29, 1.82) is 0 Å². The molecule has 20 heavy (non-hydrogen) atoms. The van der Waals surface area contributed by atoms with Crippen molar-refractivity contribution in [2.75, 3.05) is 31.9 Å². The van der Waals surface area contributed by atoms with Crippen molar-refractivity contribution >= 4 is 9.84 Å². The van der Waals surface area contributed by atoms with E-state index >= 15 is 0 Å². The molecule has 0 aromatic heterocycles. The average Bonchev–Trinajstić information content (AvgIpc) is 2.74. The Kier molecular flexibility index (Phi) is 5.64. The van der Waals surface area contributed by atoms with Crippen LogP contribution in [0.15, 0.2) is 11.6 Å². The lowest BCUT2D eigenvalue weighted by Crippen LogP contribution is -2.45. The van der Waals surface area contributed by atoms with Crippen LogP contribution in [0.1, 0.15) is 39.5 Å². The van der Waals surface area contributed by atoms with Crippen LogP contribution in [0, 0.1) is 0 Å². The molecule has 0 aliphatic carbocycles. The molecule has 2 aliphatic rings. The number of hydrogen-bond acceptors (Lipinski definition) is 4. The number of nitrogens with one attached hydrogen (secondary N) is 1. The molecule has 2 rings (SSSR count). The van der Waals surface area contributed by atoms with Gasteiger partial charge in [-0.15, -0.1) is 0 Å². The Morgan fingerprint density at radius 2 is 1.95 bits per heavy atom. The highest BCUT2D eigenvalue weighted by atomic mass is 32.2. The summed E-state index contributed by atoms with van der Waals surface area (Å²) in [6, 6.07) is 0.494. The van der Waals surface area contributed by atoms with Crippen LogP contribution < -0.4 is 5.32 Å². The van der Waals surface area contributed by atoms with Gasteiger partial charge in [-0.05, 0) is 52.6 Å². The molecule has 2 fully saturated rings. The Bertz CT molecular complexity index is 433. The molecule has 0 amide bonds. The molecule has 0 radical (unpaired) electrons. The van der Waals surface area contributed by atoms with E-state index in [1.54, 1.807) is 0 Å². The fraction of sp³-hybridized carbons (Fsp3) is 0.867. The maximum Gasteiger partial charge on any atom is 0.154 e. The van der Waals surface area contributed by atoms with Gasteiger partial charge in [-0.1, -0.05) is 11.6 Å². The number of rotatable bonds is 5. The van der Waals surface area contributed by atoms with Gasteiger partial charge in [0.1, 0.15) is 0 Å². The first-order valence-electron chi connectivity index (χ1n) is 7.78. The van der Waals surface area contributed by atoms with E-state index < -0.39 is 9.84 Å². The predicted molar refractivity (Wildman–Crippen MR) is 83.7 cm³/mol. The number of nitrogens with zero attached hydrogens (tertiary/aromatic N) is 1. The molecular weight excluding hydrogens is 272 g/mol. The zero-order chi connectivity index (χ0) is 14.6. The molecule has 2 aliphatic heterocycles. The van der Waals surface area contributed by atoms with Crippen molar-refractivity contribution < 1.29 is 8.42 Å². The number of likely N-dealkylation sites (tertiary alicyclic amines) is 1. The Balaban J connectivity index is 1.68. The van der Waals surface area contributed by atoms with E-state index in [1.165, 1.54) is 5.57 Å². The third-order valence-electron chi connectivity index (χ3n) is 4.44. The van der Waals surface area contributed by atoms with Gasteiger partial charge in [-0.25, -0.2) is 8.42 Å². The fourth-order valence-corrected chi connectivity index (χ4v) is 4.80. The quantitative estimate of drug-likeness (QED) is 0.783. The fourth-order valence-electron chi connectivity index (χ4n) is 3.02. The Labute approximate surface area is 123 Å². The van der Waals surface area contributed by atoms with Gasteiger partial charge < -0.3 is 5.32 Å². The number of hydrogen-bond donors (Lipinski definition) is 1. The monoisotopic (exact) mass is 300 g/mol. The van der Waals surface area contributed by atoms with Crippen LogP contribution >= 0.6 is 0 Å².